The molecule has 2 N–H and O–H groups in total. The monoisotopic (exact) mass is 257 g/mol. The van der Waals surface area contributed by atoms with Gasteiger partial charge in [-0.3, -0.25) is 4.79 Å². The molecule has 100 valence electrons. The summed E-state index contributed by atoms with van der Waals surface area (Å²) in [5.41, 5.74) is 6.87. The molecule has 1 amide bonds. The fraction of sp³-hybridized carbons (Fsp3) is 0.333. The molecule has 0 fully saturated rings. The van der Waals surface area contributed by atoms with Crippen LogP contribution in [0.4, 0.5) is 0 Å². The van der Waals surface area contributed by atoms with Crippen LogP contribution < -0.4 is 5.73 Å². The van der Waals surface area contributed by atoms with E-state index < -0.39 is 0 Å². The van der Waals surface area contributed by atoms with Gasteiger partial charge in [-0.2, -0.15) is 0 Å². The molecule has 0 aliphatic heterocycles. The zero-order chi connectivity index (χ0) is 13.8. The van der Waals surface area contributed by atoms with E-state index in [0.717, 1.165) is 10.9 Å². The van der Waals surface area contributed by atoms with Gasteiger partial charge in [0, 0.05) is 24.5 Å². The van der Waals surface area contributed by atoms with Crippen LogP contribution in [0.5, 0.6) is 0 Å². The lowest BCUT2D eigenvalue weighted by molar-refractivity contribution is 0.0706. The van der Waals surface area contributed by atoms with E-state index in [1.165, 1.54) is 0 Å². The summed E-state index contributed by atoms with van der Waals surface area (Å²) in [5, 5.41) is 1.04. The molecule has 0 saturated heterocycles. The molecule has 4 nitrogen and oxygen atoms in total. The van der Waals surface area contributed by atoms with E-state index in [1.807, 2.05) is 44.2 Å². The summed E-state index contributed by atoms with van der Waals surface area (Å²) in [6, 6.07) is 11.6. The Kier molecular flexibility index (Phi) is 4.12. The van der Waals surface area contributed by atoms with Gasteiger partial charge in [-0.1, -0.05) is 24.3 Å². The Bertz CT molecular complexity index is 580. The molecule has 1 heterocycles. The Balaban J connectivity index is 2.34. The smallest absolute Gasteiger partial charge is 0.272 e. The molecule has 1 aromatic heterocycles. The molecule has 0 atom stereocenters. The van der Waals surface area contributed by atoms with Crippen LogP contribution in [-0.4, -0.2) is 34.9 Å². The van der Waals surface area contributed by atoms with Crippen LogP contribution in [0.1, 0.15) is 24.3 Å². The van der Waals surface area contributed by atoms with Gasteiger partial charge in [-0.05, 0) is 26.0 Å². The topological polar surface area (TPSA) is 59.2 Å². The number of hydrogen-bond donors (Lipinski definition) is 1. The van der Waals surface area contributed by atoms with Gasteiger partial charge in [0.1, 0.15) is 5.69 Å². The van der Waals surface area contributed by atoms with Crippen LogP contribution in [-0.2, 0) is 0 Å². The number of hydrogen-bond acceptors (Lipinski definition) is 3. The first-order valence-electron chi connectivity index (χ1n) is 6.50. The molecule has 0 aliphatic rings. The first-order valence-corrected chi connectivity index (χ1v) is 6.50. The first kappa shape index (κ1) is 13.5. The van der Waals surface area contributed by atoms with Crippen LogP contribution in [0, 0.1) is 0 Å². The fourth-order valence-corrected chi connectivity index (χ4v) is 2.07. The summed E-state index contributed by atoms with van der Waals surface area (Å²) in [5.74, 6) is -0.0637. The Morgan fingerprint density at radius 1 is 1.26 bits per heavy atom. The lowest BCUT2D eigenvalue weighted by atomic mass is 10.2. The maximum absolute atomic E-state index is 12.4. The summed E-state index contributed by atoms with van der Waals surface area (Å²) in [6.45, 7) is 4.96. The van der Waals surface area contributed by atoms with Gasteiger partial charge in [-0.15, -0.1) is 0 Å². The van der Waals surface area contributed by atoms with Crippen molar-refractivity contribution in [3.8, 4) is 0 Å². The van der Waals surface area contributed by atoms with E-state index in [2.05, 4.69) is 4.98 Å². The molecule has 2 aromatic rings. The summed E-state index contributed by atoms with van der Waals surface area (Å²) >= 11 is 0. The van der Waals surface area contributed by atoms with Gasteiger partial charge in [-0.25, -0.2) is 4.98 Å². The van der Waals surface area contributed by atoms with E-state index in [1.54, 1.807) is 11.0 Å². The Morgan fingerprint density at radius 3 is 2.68 bits per heavy atom. The minimum Gasteiger partial charge on any atom is -0.334 e. The standard InChI is InChI=1S/C15H19N3O/c1-11(2)18(10-9-16)15(19)14-8-7-12-5-3-4-6-13(12)17-14/h3-8,11H,9-10,16H2,1-2H3. The molecule has 0 aliphatic carbocycles. The van der Waals surface area contributed by atoms with Crippen molar-refractivity contribution in [1.82, 2.24) is 9.88 Å². The molecule has 0 bridgehead atoms. The van der Waals surface area contributed by atoms with Crippen molar-refractivity contribution >= 4 is 16.8 Å². The maximum Gasteiger partial charge on any atom is 0.272 e. The molecule has 0 saturated carbocycles. The molecule has 4 heteroatoms. The van der Waals surface area contributed by atoms with Crippen LogP contribution >= 0.6 is 0 Å². The number of carbonyl (C=O) groups excluding carboxylic acids is 1. The van der Waals surface area contributed by atoms with Gasteiger partial charge in [0.25, 0.3) is 5.91 Å². The molecule has 1 aromatic carbocycles. The number of carbonyl (C=O) groups is 1. The molecule has 2 rings (SSSR count). The molecule has 0 spiro atoms. The Hall–Kier alpha value is -1.94. The van der Waals surface area contributed by atoms with Crippen molar-refractivity contribution < 1.29 is 4.79 Å². The number of amides is 1. The maximum atomic E-state index is 12.4. The highest BCUT2D eigenvalue weighted by Crippen LogP contribution is 2.14. The van der Waals surface area contributed by atoms with E-state index in [4.69, 9.17) is 5.73 Å². The predicted octanol–water partition coefficient (Wildman–Crippen LogP) is 2.04. The van der Waals surface area contributed by atoms with Crippen LogP contribution in [0.3, 0.4) is 0 Å². The Morgan fingerprint density at radius 2 is 2.00 bits per heavy atom. The van der Waals surface area contributed by atoms with E-state index >= 15 is 0 Å². The van der Waals surface area contributed by atoms with Crippen LogP contribution in [0.15, 0.2) is 36.4 Å². The number of rotatable bonds is 4. The van der Waals surface area contributed by atoms with Gasteiger partial charge in [0.05, 0.1) is 5.52 Å². The van der Waals surface area contributed by atoms with Crippen molar-refractivity contribution in [3.63, 3.8) is 0 Å². The highest BCUT2D eigenvalue weighted by Gasteiger charge is 2.19. The van der Waals surface area contributed by atoms with Gasteiger partial charge in [0.15, 0.2) is 0 Å². The van der Waals surface area contributed by atoms with Crippen molar-refractivity contribution in [2.75, 3.05) is 13.1 Å². The number of para-hydroxylation sites is 1. The third-order valence-electron chi connectivity index (χ3n) is 3.07. The lowest BCUT2D eigenvalue weighted by Crippen LogP contribution is -2.40. The summed E-state index contributed by atoms with van der Waals surface area (Å²) < 4.78 is 0. The molecular weight excluding hydrogens is 238 g/mol. The highest BCUT2D eigenvalue weighted by molar-refractivity contribution is 5.95. The van der Waals surface area contributed by atoms with Gasteiger partial charge in [0.2, 0.25) is 0 Å². The number of aromatic nitrogens is 1. The van der Waals surface area contributed by atoms with E-state index in [0.29, 0.717) is 18.8 Å². The number of fused-ring (bicyclic) bond motifs is 1. The van der Waals surface area contributed by atoms with Crippen molar-refractivity contribution in [2.45, 2.75) is 19.9 Å². The summed E-state index contributed by atoms with van der Waals surface area (Å²) in [6.07, 6.45) is 0. The zero-order valence-corrected chi connectivity index (χ0v) is 11.3. The van der Waals surface area contributed by atoms with Crippen LogP contribution in [0.25, 0.3) is 10.9 Å². The second-order valence-corrected chi connectivity index (χ2v) is 4.77. The quantitative estimate of drug-likeness (QED) is 0.912. The van der Waals surface area contributed by atoms with Gasteiger partial charge >= 0.3 is 0 Å². The first-order chi connectivity index (χ1) is 9.13. The van der Waals surface area contributed by atoms with Crippen molar-refractivity contribution in [3.05, 3.63) is 42.1 Å². The predicted molar refractivity (Wildman–Crippen MR) is 77.0 cm³/mol. The van der Waals surface area contributed by atoms with Crippen molar-refractivity contribution in [1.29, 1.82) is 0 Å². The van der Waals surface area contributed by atoms with Gasteiger partial charge < -0.3 is 10.6 Å². The molecule has 0 radical (unpaired) electrons. The number of nitrogens with zero attached hydrogens (tertiary/aromatic N) is 2. The minimum atomic E-state index is -0.0637. The largest absolute Gasteiger partial charge is 0.334 e. The number of nitrogens with two attached hydrogens (primary N) is 1. The number of pyridine rings is 1. The second kappa shape index (κ2) is 5.80. The van der Waals surface area contributed by atoms with E-state index in [-0.39, 0.29) is 11.9 Å². The molecular formula is C15H19N3O. The second-order valence-electron chi connectivity index (χ2n) is 4.77. The van der Waals surface area contributed by atoms with E-state index in [9.17, 15) is 4.79 Å². The third-order valence-corrected chi connectivity index (χ3v) is 3.07. The van der Waals surface area contributed by atoms with Crippen molar-refractivity contribution in [2.24, 2.45) is 5.73 Å². The number of benzene rings is 1. The highest BCUT2D eigenvalue weighted by atomic mass is 16.2. The zero-order valence-electron chi connectivity index (χ0n) is 11.3. The average molecular weight is 257 g/mol. The SMILES string of the molecule is CC(C)N(CCN)C(=O)c1ccc2ccccc2n1. The molecule has 0 unspecified atom stereocenters. The Labute approximate surface area is 113 Å². The minimum absolute atomic E-state index is 0.0637. The third kappa shape index (κ3) is 2.90. The summed E-state index contributed by atoms with van der Waals surface area (Å²) in [4.78, 5) is 18.6. The lowest BCUT2D eigenvalue weighted by Gasteiger charge is -2.25. The van der Waals surface area contributed by atoms with Crippen LogP contribution in [0.2, 0.25) is 0 Å². The normalized spacial score (nSPS) is 10.9. The molecule has 19 heavy (non-hydrogen) atoms. The summed E-state index contributed by atoms with van der Waals surface area (Å²) in [7, 11) is 0. The average Bonchev–Trinajstić information content (AvgIpc) is 2.43. The fourth-order valence-electron chi connectivity index (χ4n) is 2.07.